The molecule has 3 rings (SSSR count). The Labute approximate surface area is 166 Å². The number of carbonyl (C=O) groups is 2. The van der Waals surface area contributed by atoms with Crippen molar-refractivity contribution in [2.24, 2.45) is 0 Å². The first-order chi connectivity index (χ1) is 12.9. The molecule has 7 heteroatoms. The fourth-order valence-electron chi connectivity index (χ4n) is 3.24. The molecular formula is C20H21BrN2O4. The van der Waals surface area contributed by atoms with Gasteiger partial charge in [0.15, 0.2) is 11.5 Å². The minimum absolute atomic E-state index is 0.0536. The monoisotopic (exact) mass is 432 g/mol. The lowest BCUT2D eigenvalue weighted by atomic mass is 9.95. The zero-order valence-electron chi connectivity index (χ0n) is 15.2. The van der Waals surface area contributed by atoms with Gasteiger partial charge < -0.3 is 19.3 Å². The highest BCUT2D eigenvalue weighted by Gasteiger charge is 2.44. The Morgan fingerprint density at radius 2 is 2.07 bits per heavy atom. The van der Waals surface area contributed by atoms with Crippen molar-refractivity contribution in [3.63, 3.8) is 0 Å². The second-order valence-electron chi connectivity index (χ2n) is 6.68. The van der Waals surface area contributed by atoms with E-state index in [4.69, 9.17) is 4.42 Å². The van der Waals surface area contributed by atoms with Crippen LogP contribution in [0, 0.1) is 0 Å². The average molecular weight is 433 g/mol. The van der Waals surface area contributed by atoms with Crippen LogP contribution in [0.25, 0.3) is 0 Å². The summed E-state index contributed by atoms with van der Waals surface area (Å²) in [5.74, 6) is -1.43. The van der Waals surface area contributed by atoms with Crippen molar-refractivity contribution in [3.8, 4) is 0 Å². The maximum absolute atomic E-state index is 12.9. The standard InChI is InChI=1S/C20H21BrN2O4/c1-22(2)9-5-10-23-17(13-6-3-7-14(21)12-13)16(19(25)20(23)26)18(24)15-8-4-11-27-15/h3-4,6-8,11-12,17,25H,5,9-10H2,1-2H3/t17-/m1/s1. The number of Topliss-reactive ketones (excluding diaryl/α,β-unsaturated/α-hetero) is 1. The fraction of sp³-hybridized carbons (Fsp3) is 0.300. The smallest absolute Gasteiger partial charge is 0.290 e. The van der Waals surface area contributed by atoms with Crippen LogP contribution in [0.1, 0.15) is 28.6 Å². The lowest BCUT2D eigenvalue weighted by Gasteiger charge is -2.27. The molecule has 2 heterocycles. The van der Waals surface area contributed by atoms with E-state index < -0.39 is 23.5 Å². The first-order valence-electron chi connectivity index (χ1n) is 8.62. The van der Waals surface area contributed by atoms with Crippen LogP contribution in [0.4, 0.5) is 0 Å². The zero-order chi connectivity index (χ0) is 19.6. The van der Waals surface area contributed by atoms with E-state index in [0.29, 0.717) is 6.54 Å². The van der Waals surface area contributed by atoms with Crippen molar-refractivity contribution >= 4 is 27.6 Å². The molecular weight excluding hydrogens is 412 g/mol. The highest BCUT2D eigenvalue weighted by molar-refractivity contribution is 9.10. The first kappa shape index (κ1) is 19.4. The summed E-state index contributed by atoms with van der Waals surface area (Å²) in [6, 6.07) is 9.88. The highest BCUT2D eigenvalue weighted by atomic mass is 79.9. The van der Waals surface area contributed by atoms with E-state index in [1.165, 1.54) is 12.3 Å². The number of carbonyl (C=O) groups excluding carboxylic acids is 2. The Morgan fingerprint density at radius 1 is 1.30 bits per heavy atom. The predicted molar refractivity (Wildman–Crippen MR) is 104 cm³/mol. The number of nitrogens with zero attached hydrogens (tertiary/aromatic N) is 2. The molecule has 2 aromatic rings. The topological polar surface area (TPSA) is 74.0 Å². The number of hydrogen-bond acceptors (Lipinski definition) is 5. The SMILES string of the molecule is CN(C)CCCN1C(=O)C(O)=C(C(=O)c2ccco2)[C@H]1c1cccc(Br)c1. The first-order valence-corrected chi connectivity index (χ1v) is 9.42. The van der Waals surface area contributed by atoms with E-state index >= 15 is 0 Å². The van der Waals surface area contributed by atoms with Crippen LogP contribution in [-0.4, -0.2) is 53.8 Å². The van der Waals surface area contributed by atoms with Gasteiger partial charge in [-0.15, -0.1) is 0 Å². The Morgan fingerprint density at radius 3 is 2.70 bits per heavy atom. The van der Waals surface area contributed by atoms with E-state index in [-0.39, 0.29) is 11.3 Å². The van der Waals surface area contributed by atoms with E-state index in [9.17, 15) is 14.7 Å². The molecule has 142 valence electrons. The number of amides is 1. The molecule has 6 nitrogen and oxygen atoms in total. The van der Waals surface area contributed by atoms with Gasteiger partial charge in [-0.25, -0.2) is 0 Å². The Bertz CT molecular complexity index is 874. The number of rotatable bonds is 7. The number of halogens is 1. The van der Waals surface area contributed by atoms with Gasteiger partial charge in [-0.1, -0.05) is 28.1 Å². The molecule has 0 spiro atoms. The number of hydrogen-bond donors (Lipinski definition) is 1. The number of aliphatic hydroxyl groups excluding tert-OH is 1. The van der Waals surface area contributed by atoms with Gasteiger partial charge in [0.1, 0.15) is 0 Å². The van der Waals surface area contributed by atoms with Gasteiger partial charge in [0.2, 0.25) is 5.78 Å². The van der Waals surface area contributed by atoms with Gasteiger partial charge in [0.05, 0.1) is 17.9 Å². The van der Waals surface area contributed by atoms with Crippen molar-refractivity contribution in [1.29, 1.82) is 0 Å². The summed E-state index contributed by atoms with van der Waals surface area (Å²) in [5.41, 5.74) is 0.805. The fourth-order valence-corrected chi connectivity index (χ4v) is 3.65. The maximum atomic E-state index is 12.9. The summed E-state index contributed by atoms with van der Waals surface area (Å²) in [6.07, 6.45) is 2.11. The van der Waals surface area contributed by atoms with Crippen LogP contribution in [-0.2, 0) is 4.79 Å². The summed E-state index contributed by atoms with van der Waals surface area (Å²) < 4.78 is 6.04. The molecule has 0 fully saturated rings. The van der Waals surface area contributed by atoms with Crippen molar-refractivity contribution < 1.29 is 19.1 Å². The molecule has 1 aliphatic heterocycles. The third kappa shape index (κ3) is 3.99. The largest absolute Gasteiger partial charge is 0.503 e. The van der Waals surface area contributed by atoms with Crippen LogP contribution in [0.3, 0.4) is 0 Å². The van der Waals surface area contributed by atoms with Crippen molar-refractivity contribution in [2.75, 3.05) is 27.2 Å². The second-order valence-corrected chi connectivity index (χ2v) is 7.60. The van der Waals surface area contributed by atoms with Crippen molar-refractivity contribution in [3.05, 3.63) is 69.8 Å². The molecule has 27 heavy (non-hydrogen) atoms. The quantitative estimate of drug-likeness (QED) is 0.676. The molecule has 0 saturated heterocycles. The molecule has 0 saturated carbocycles. The molecule has 0 aliphatic carbocycles. The van der Waals surface area contributed by atoms with Crippen LogP contribution in [0.5, 0.6) is 0 Å². The molecule has 1 atom stereocenters. The number of aliphatic hydroxyl groups is 1. The molecule has 1 N–H and O–H groups in total. The van der Waals surface area contributed by atoms with Crippen molar-refractivity contribution in [2.45, 2.75) is 12.5 Å². The third-order valence-electron chi connectivity index (χ3n) is 4.46. The molecule has 1 aromatic carbocycles. The van der Waals surface area contributed by atoms with Gasteiger partial charge in [0, 0.05) is 11.0 Å². The van der Waals surface area contributed by atoms with Crippen molar-refractivity contribution in [1.82, 2.24) is 9.80 Å². The van der Waals surface area contributed by atoms with Crippen LogP contribution >= 0.6 is 15.9 Å². The van der Waals surface area contributed by atoms with Gasteiger partial charge in [-0.05, 0) is 56.9 Å². The van der Waals surface area contributed by atoms with Crippen LogP contribution < -0.4 is 0 Å². The Balaban J connectivity index is 2.00. The summed E-state index contributed by atoms with van der Waals surface area (Å²) in [4.78, 5) is 29.3. The van der Waals surface area contributed by atoms with E-state index in [2.05, 4.69) is 15.9 Å². The normalized spacial score (nSPS) is 17.3. The maximum Gasteiger partial charge on any atom is 0.290 e. The van der Waals surface area contributed by atoms with E-state index in [1.807, 2.05) is 43.3 Å². The van der Waals surface area contributed by atoms with Crippen LogP contribution in [0.2, 0.25) is 0 Å². The highest BCUT2D eigenvalue weighted by Crippen LogP contribution is 2.39. The Hall–Kier alpha value is -2.38. The van der Waals surface area contributed by atoms with Gasteiger partial charge in [-0.2, -0.15) is 0 Å². The van der Waals surface area contributed by atoms with Gasteiger partial charge in [0.25, 0.3) is 5.91 Å². The summed E-state index contributed by atoms with van der Waals surface area (Å²) in [6.45, 7) is 1.21. The molecule has 0 radical (unpaired) electrons. The summed E-state index contributed by atoms with van der Waals surface area (Å²) in [7, 11) is 3.92. The molecule has 1 aliphatic rings. The zero-order valence-corrected chi connectivity index (χ0v) is 16.8. The third-order valence-corrected chi connectivity index (χ3v) is 4.96. The van der Waals surface area contributed by atoms with E-state index in [0.717, 1.165) is 23.0 Å². The number of ketones is 1. The molecule has 0 unspecified atom stereocenters. The Kier molecular flexibility index (Phi) is 5.82. The minimum atomic E-state index is -0.658. The lowest BCUT2D eigenvalue weighted by Crippen LogP contribution is -2.33. The molecule has 1 amide bonds. The summed E-state index contributed by atoms with van der Waals surface area (Å²) in [5, 5.41) is 10.5. The van der Waals surface area contributed by atoms with Gasteiger partial charge in [-0.3, -0.25) is 9.59 Å². The number of furan rings is 1. The number of benzene rings is 1. The average Bonchev–Trinajstić information content (AvgIpc) is 3.24. The lowest BCUT2D eigenvalue weighted by molar-refractivity contribution is -0.129. The molecule has 0 bridgehead atoms. The summed E-state index contributed by atoms with van der Waals surface area (Å²) >= 11 is 3.43. The second kappa shape index (κ2) is 8.10. The predicted octanol–water partition coefficient (Wildman–Crippen LogP) is 3.57. The minimum Gasteiger partial charge on any atom is -0.503 e. The molecule has 1 aromatic heterocycles. The van der Waals surface area contributed by atoms with E-state index in [1.54, 1.807) is 11.0 Å². The van der Waals surface area contributed by atoms with Gasteiger partial charge >= 0.3 is 0 Å². The van der Waals surface area contributed by atoms with Crippen LogP contribution in [0.15, 0.2) is 62.9 Å².